The van der Waals surface area contributed by atoms with Crippen molar-refractivity contribution in [3.8, 4) is 0 Å². The van der Waals surface area contributed by atoms with Crippen molar-refractivity contribution in [1.29, 1.82) is 0 Å². The lowest BCUT2D eigenvalue weighted by atomic mass is 10.1. The van der Waals surface area contributed by atoms with Crippen molar-refractivity contribution in [2.24, 2.45) is 5.73 Å². The number of nitrogens with two attached hydrogens (primary N) is 1. The van der Waals surface area contributed by atoms with E-state index in [0.29, 0.717) is 12.6 Å². The Morgan fingerprint density at radius 2 is 2.06 bits per heavy atom. The fraction of sp³-hybridized carbons (Fsp3) is 0.571. The van der Waals surface area contributed by atoms with Crippen LogP contribution in [-0.4, -0.2) is 19.1 Å². The first-order valence-electron chi connectivity index (χ1n) is 6.39. The molecule has 0 aliphatic rings. The molecule has 0 aliphatic carbocycles. The Balaban J connectivity index is 3.08. The molecular formula is C14H23BrN2. The first-order chi connectivity index (χ1) is 8.13. The maximum absolute atomic E-state index is 5.70. The number of nitrogens with zero attached hydrogens (tertiary/aromatic N) is 1. The van der Waals surface area contributed by atoms with Crippen LogP contribution in [0.2, 0.25) is 0 Å². The van der Waals surface area contributed by atoms with Gasteiger partial charge in [0.05, 0.1) is 0 Å². The zero-order valence-electron chi connectivity index (χ0n) is 11.0. The summed E-state index contributed by atoms with van der Waals surface area (Å²) in [6.07, 6.45) is 2.09. The van der Waals surface area contributed by atoms with Crippen LogP contribution in [0.3, 0.4) is 0 Å². The van der Waals surface area contributed by atoms with E-state index in [1.165, 1.54) is 11.3 Å². The second-order valence-corrected chi connectivity index (χ2v) is 5.27. The number of hydrogen-bond acceptors (Lipinski definition) is 2. The van der Waals surface area contributed by atoms with E-state index in [4.69, 9.17) is 5.73 Å². The van der Waals surface area contributed by atoms with Crippen molar-refractivity contribution in [3.63, 3.8) is 0 Å². The van der Waals surface area contributed by atoms with E-state index in [0.717, 1.165) is 23.9 Å². The monoisotopic (exact) mass is 298 g/mol. The Labute approximate surface area is 113 Å². The van der Waals surface area contributed by atoms with Gasteiger partial charge in [-0.15, -0.1) is 0 Å². The molecule has 0 radical (unpaired) electrons. The third-order valence-electron chi connectivity index (χ3n) is 3.23. The van der Waals surface area contributed by atoms with Crippen LogP contribution in [0.25, 0.3) is 0 Å². The molecule has 2 nitrogen and oxygen atoms in total. The topological polar surface area (TPSA) is 29.3 Å². The van der Waals surface area contributed by atoms with Crippen LogP contribution in [0.15, 0.2) is 22.7 Å². The zero-order chi connectivity index (χ0) is 12.8. The van der Waals surface area contributed by atoms with Crippen molar-refractivity contribution in [2.75, 3.05) is 18.0 Å². The van der Waals surface area contributed by atoms with Crippen molar-refractivity contribution in [3.05, 3.63) is 28.2 Å². The second kappa shape index (κ2) is 7.02. The second-order valence-electron chi connectivity index (χ2n) is 4.35. The van der Waals surface area contributed by atoms with Crippen LogP contribution in [0.5, 0.6) is 0 Å². The van der Waals surface area contributed by atoms with Crippen LogP contribution in [0, 0.1) is 0 Å². The molecule has 0 aliphatic heterocycles. The van der Waals surface area contributed by atoms with Gasteiger partial charge < -0.3 is 10.6 Å². The van der Waals surface area contributed by atoms with E-state index in [-0.39, 0.29) is 0 Å². The molecule has 0 spiro atoms. The van der Waals surface area contributed by atoms with Gasteiger partial charge in [-0.1, -0.05) is 22.9 Å². The molecule has 3 heteroatoms. The summed E-state index contributed by atoms with van der Waals surface area (Å²) in [6, 6.07) is 7.07. The number of benzene rings is 1. The first kappa shape index (κ1) is 14.5. The molecular weight excluding hydrogens is 276 g/mol. The largest absolute Gasteiger partial charge is 0.369 e. The molecule has 1 rings (SSSR count). The Morgan fingerprint density at radius 3 is 2.59 bits per heavy atom. The molecule has 0 amide bonds. The average Bonchev–Trinajstić information content (AvgIpc) is 2.32. The van der Waals surface area contributed by atoms with Crippen molar-refractivity contribution in [1.82, 2.24) is 0 Å². The molecule has 0 fully saturated rings. The third-order valence-corrected chi connectivity index (χ3v) is 3.72. The van der Waals surface area contributed by atoms with Gasteiger partial charge in [0.25, 0.3) is 0 Å². The molecule has 17 heavy (non-hydrogen) atoms. The van der Waals surface area contributed by atoms with E-state index in [1.54, 1.807) is 0 Å². The highest BCUT2D eigenvalue weighted by molar-refractivity contribution is 9.10. The Bertz CT molecular complexity index is 352. The number of halogens is 1. The van der Waals surface area contributed by atoms with Gasteiger partial charge in [-0.25, -0.2) is 0 Å². The summed E-state index contributed by atoms with van der Waals surface area (Å²) in [7, 11) is 0. The Morgan fingerprint density at radius 1 is 1.35 bits per heavy atom. The predicted octanol–water partition coefficient (Wildman–Crippen LogP) is 3.58. The van der Waals surface area contributed by atoms with Gasteiger partial charge in [0.1, 0.15) is 0 Å². The van der Waals surface area contributed by atoms with Crippen molar-refractivity contribution < 1.29 is 0 Å². The highest BCUT2D eigenvalue weighted by Crippen LogP contribution is 2.27. The van der Waals surface area contributed by atoms with Crippen molar-refractivity contribution in [2.45, 2.75) is 39.7 Å². The van der Waals surface area contributed by atoms with E-state index in [2.05, 4.69) is 59.8 Å². The molecule has 0 saturated heterocycles. The maximum atomic E-state index is 5.70. The fourth-order valence-corrected chi connectivity index (χ4v) is 2.54. The summed E-state index contributed by atoms with van der Waals surface area (Å²) in [5, 5.41) is 0. The number of anilines is 1. The molecule has 2 N–H and O–H groups in total. The quantitative estimate of drug-likeness (QED) is 0.870. The molecule has 96 valence electrons. The predicted molar refractivity (Wildman–Crippen MR) is 79.7 cm³/mol. The SMILES string of the molecule is CCC(C)N(CC)c1ccc(Br)cc1CCN. The molecule has 0 heterocycles. The molecule has 0 saturated carbocycles. The summed E-state index contributed by atoms with van der Waals surface area (Å²) >= 11 is 3.53. The van der Waals surface area contributed by atoms with Crippen LogP contribution in [0.4, 0.5) is 5.69 Å². The van der Waals surface area contributed by atoms with E-state index < -0.39 is 0 Å². The number of hydrogen-bond donors (Lipinski definition) is 1. The van der Waals surface area contributed by atoms with Crippen LogP contribution in [0.1, 0.15) is 32.8 Å². The lowest BCUT2D eigenvalue weighted by molar-refractivity contribution is 0.627. The van der Waals surface area contributed by atoms with Gasteiger partial charge in [0.15, 0.2) is 0 Å². The van der Waals surface area contributed by atoms with Gasteiger partial charge in [-0.2, -0.15) is 0 Å². The molecule has 0 aromatic heterocycles. The lowest BCUT2D eigenvalue weighted by Gasteiger charge is -2.31. The van der Waals surface area contributed by atoms with Gasteiger partial charge in [0, 0.05) is 22.7 Å². The van der Waals surface area contributed by atoms with Crippen LogP contribution < -0.4 is 10.6 Å². The Hall–Kier alpha value is -0.540. The van der Waals surface area contributed by atoms with Gasteiger partial charge in [-0.05, 0) is 57.0 Å². The zero-order valence-corrected chi connectivity index (χ0v) is 12.6. The van der Waals surface area contributed by atoms with E-state index >= 15 is 0 Å². The number of rotatable bonds is 6. The fourth-order valence-electron chi connectivity index (χ4n) is 2.13. The third kappa shape index (κ3) is 3.71. The summed E-state index contributed by atoms with van der Waals surface area (Å²) in [5.41, 5.74) is 8.36. The summed E-state index contributed by atoms with van der Waals surface area (Å²) in [6.45, 7) is 8.45. The molecule has 1 atom stereocenters. The molecule has 0 bridgehead atoms. The van der Waals surface area contributed by atoms with E-state index in [1.807, 2.05) is 0 Å². The Kier molecular flexibility index (Phi) is 6.00. The molecule has 1 aromatic carbocycles. The minimum absolute atomic E-state index is 0.567. The van der Waals surface area contributed by atoms with Gasteiger partial charge in [-0.3, -0.25) is 0 Å². The molecule has 1 aromatic rings. The first-order valence-corrected chi connectivity index (χ1v) is 7.18. The van der Waals surface area contributed by atoms with Crippen LogP contribution >= 0.6 is 15.9 Å². The van der Waals surface area contributed by atoms with Gasteiger partial charge >= 0.3 is 0 Å². The molecule has 1 unspecified atom stereocenters. The normalized spacial score (nSPS) is 12.5. The summed E-state index contributed by atoms with van der Waals surface area (Å²) in [5.74, 6) is 0. The summed E-state index contributed by atoms with van der Waals surface area (Å²) in [4.78, 5) is 2.46. The highest BCUT2D eigenvalue weighted by atomic mass is 79.9. The van der Waals surface area contributed by atoms with Crippen molar-refractivity contribution >= 4 is 21.6 Å². The average molecular weight is 299 g/mol. The van der Waals surface area contributed by atoms with Gasteiger partial charge in [0.2, 0.25) is 0 Å². The highest BCUT2D eigenvalue weighted by Gasteiger charge is 2.14. The van der Waals surface area contributed by atoms with E-state index in [9.17, 15) is 0 Å². The minimum atomic E-state index is 0.567. The smallest absolute Gasteiger partial charge is 0.0402 e. The minimum Gasteiger partial charge on any atom is -0.369 e. The lowest BCUT2D eigenvalue weighted by Crippen LogP contribution is -2.33. The standard InChI is InChI=1S/C14H23BrN2/c1-4-11(3)17(5-2)14-7-6-13(15)10-12(14)8-9-16/h6-7,10-11H,4-5,8-9,16H2,1-3H3. The maximum Gasteiger partial charge on any atom is 0.0402 e. The summed E-state index contributed by atoms with van der Waals surface area (Å²) < 4.78 is 1.13. The van der Waals surface area contributed by atoms with Crippen LogP contribution in [-0.2, 0) is 6.42 Å².